The molecule has 98 valence electrons. The van der Waals surface area contributed by atoms with Crippen LogP contribution in [0.5, 0.6) is 0 Å². The Labute approximate surface area is 105 Å². The van der Waals surface area contributed by atoms with E-state index in [0.717, 1.165) is 44.5 Å². The van der Waals surface area contributed by atoms with Crippen LogP contribution in [0.15, 0.2) is 12.2 Å². The van der Waals surface area contributed by atoms with Crippen LogP contribution in [-0.2, 0) is 4.79 Å². The molecule has 1 atom stereocenters. The summed E-state index contributed by atoms with van der Waals surface area (Å²) in [6.07, 6.45) is 3.04. The Hall–Kier alpha value is -0.830. The fourth-order valence-electron chi connectivity index (χ4n) is 2.59. The zero-order chi connectivity index (χ0) is 12.9. The van der Waals surface area contributed by atoms with Crippen molar-refractivity contribution in [1.29, 1.82) is 0 Å². The second-order valence-corrected chi connectivity index (χ2v) is 5.19. The van der Waals surface area contributed by atoms with E-state index in [1.165, 1.54) is 0 Å². The smallest absolute Gasteiger partial charge is 0.230 e. The zero-order valence-corrected chi connectivity index (χ0v) is 11.5. The normalized spacial score (nSPS) is 24.4. The molecule has 1 aliphatic rings. The highest BCUT2D eigenvalue weighted by atomic mass is 16.2. The van der Waals surface area contributed by atoms with Gasteiger partial charge in [-0.25, -0.2) is 0 Å². The van der Waals surface area contributed by atoms with Crippen LogP contribution < -0.4 is 5.32 Å². The molecule has 1 rings (SSSR count). The summed E-state index contributed by atoms with van der Waals surface area (Å²) < 4.78 is 0. The number of amides is 1. The zero-order valence-electron chi connectivity index (χ0n) is 11.5. The first kappa shape index (κ1) is 14.2. The van der Waals surface area contributed by atoms with Crippen molar-refractivity contribution < 1.29 is 4.79 Å². The fourth-order valence-corrected chi connectivity index (χ4v) is 2.59. The number of hydrogen-bond donors (Lipinski definition) is 1. The molecule has 0 aliphatic carbocycles. The maximum atomic E-state index is 12.7. The van der Waals surface area contributed by atoms with E-state index >= 15 is 0 Å². The lowest BCUT2D eigenvalue weighted by Gasteiger charge is -2.39. The van der Waals surface area contributed by atoms with E-state index in [0.29, 0.717) is 12.5 Å². The largest absolute Gasteiger partial charge is 0.338 e. The summed E-state index contributed by atoms with van der Waals surface area (Å²) in [5, 5.41) is 3.37. The average molecular weight is 238 g/mol. The number of rotatable bonds is 5. The van der Waals surface area contributed by atoms with Crippen LogP contribution >= 0.6 is 0 Å². The predicted octanol–water partition coefficient (Wildman–Crippen LogP) is 2.19. The Morgan fingerprint density at radius 3 is 2.59 bits per heavy atom. The molecular weight excluding hydrogens is 212 g/mol. The first-order valence-corrected chi connectivity index (χ1v) is 6.70. The second kappa shape index (κ2) is 6.20. The van der Waals surface area contributed by atoms with E-state index in [-0.39, 0.29) is 5.41 Å². The SMILES string of the molecule is C=C(C)CN(CC)C(=O)C1(CC)CCCNC1. The number of nitrogens with zero attached hydrogens (tertiary/aromatic N) is 1. The van der Waals surface area contributed by atoms with Gasteiger partial charge in [0.2, 0.25) is 5.91 Å². The van der Waals surface area contributed by atoms with Gasteiger partial charge in [-0.3, -0.25) is 4.79 Å². The summed E-state index contributed by atoms with van der Waals surface area (Å²) in [6, 6.07) is 0. The van der Waals surface area contributed by atoms with Gasteiger partial charge in [0.1, 0.15) is 0 Å². The lowest BCUT2D eigenvalue weighted by atomic mass is 9.77. The number of carbonyl (C=O) groups excluding carboxylic acids is 1. The summed E-state index contributed by atoms with van der Waals surface area (Å²) >= 11 is 0. The molecule has 1 saturated heterocycles. The Balaban J connectivity index is 2.78. The van der Waals surface area contributed by atoms with Gasteiger partial charge in [-0.2, -0.15) is 0 Å². The fraction of sp³-hybridized carbons (Fsp3) is 0.786. The van der Waals surface area contributed by atoms with Gasteiger partial charge in [-0.15, -0.1) is 0 Å². The standard InChI is InChI=1S/C14H26N2O/c1-5-14(8-7-9-15-11-14)13(17)16(6-2)10-12(3)4/h15H,3,5-11H2,1-2,4H3. The lowest BCUT2D eigenvalue weighted by Crippen LogP contribution is -2.51. The third-order valence-electron chi connectivity index (χ3n) is 3.73. The van der Waals surface area contributed by atoms with Crippen molar-refractivity contribution >= 4 is 5.91 Å². The van der Waals surface area contributed by atoms with E-state index in [2.05, 4.69) is 18.8 Å². The third-order valence-corrected chi connectivity index (χ3v) is 3.73. The van der Waals surface area contributed by atoms with Gasteiger partial charge in [0.05, 0.1) is 5.41 Å². The second-order valence-electron chi connectivity index (χ2n) is 5.19. The molecule has 1 amide bonds. The molecule has 0 spiro atoms. The molecule has 1 fully saturated rings. The summed E-state index contributed by atoms with van der Waals surface area (Å²) in [7, 11) is 0. The van der Waals surface area contributed by atoms with Gasteiger partial charge in [-0.05, 0) is 39.7 Å². The molecule has 3 heteroatoms. The number of piperidine rings is 1. The van der Waals surface area contributed by atoms with Crippen molar-refractivity contribution in [2.45, 2.75) is 40.0 Å². The van der Waals surface area contributed by atoms with E-state index in [1.807, 2.05) is 18.7 Å². The van der Waals surface area contributed by atoms with Crippen molar-refractivity contribution in [3.8, 4) is 0 Å². The molecule has 3 nitrogen and oxygen atoms in total. The molecule has 0 saturated carbocycles. The topological polar surface area (TPSA) is 32.3 Å². The lowest BCUT2D eigenvalue weighted by molar-refractivity contribution is -0.143. The van der Waals surface area contributed by atoms with Crippen molar-refractivity contribution in [1.82, 2.24) is 10.2 Å². The number of hydrogen-bond acceptors (Lipinski definition) is 2. The van der Waals surface area contributed by atoms with Gasteiger partial charge < -0.3 is 10.2 Å². The van der Waals surface area contributed by atoms with Crippen molar-refractivity contribution in [3.63, 3.8) is 0 Å². The molecule has 1 heterocycles. The quantitative estimate of drug-likeness (QED) is 0.745. The first-order chi connectivity index (χ1) is 8.05. The molecule has 0 aromatic carbocycles. The number of nitrogens with one attached hydrogen (secondary N) is 1. The Kier molecular flexibility index (Phi) is 5.19. The Morgan fingerprint density at radius 1 is 1.47 bits per heavy atom. The van der Waals surface area contributed by atoms with E-state index in [1.54, 1.807) is 0 Å². The van der Waals surface area contributed by atoms with Crippen LogP contribution in [0.2, 0.25) is 0 Å². The molecule has 0 aromatic rings. The van der Waals surface area contributed by atoms with Gasteiger partial charge in [-0.1, -0.05) is 19.1 Å². The van der Waals surface area contributed by atoms with E-state index in [9.17, 15) is 4.79 Å². The number of carbonyl (C=O) groups is 1. The van der Waals surface area contributed by atoms with Gasteiger partial charge in [0.25, 0.3) is 0 Å². The van der Waals surface area contributed by atoms with Gasteiger partial charge in [0.15, 0.2) is 0 Å². The summed E-state index contributed by atoms with van der Waals surface area (Å²) in [5.41, 5.74) is 0.874. The minimum absolute atomic E-state index is 0.177. The molecular formula is C14H26N2O. The third kappa shape index (κ3) is 3.32. The Morgan fingerprint density at radius 2 is 2.18 bits per heavy atom. The molecule has 0 bridgehead atoms. The highest BCUT2D eigenvalue weighted by Crippen LogP contribution is 2.32. The maximum absolute atomic E-state index is 12.7. The van der Waals surface area contributed by atoms with E-state index in [4.69, 9.17) is 0 Å². The summed E-state index contributed by atoms with van der Waals surface area (Å²) in [6.45, 7) is 13.4. The van der Waals surface area contributed by atoms with Crippen molar-refractivity contribution in [2.24, 2.45) is 5.41 Å². The Bertz CT molecular complexity index is 280. The summed E-state index contributed by atoms with van der Waals surface area (Å²) in [4.78, 5) is 14.6. The van der Waals surface area contributed by atoms with Crippen LogP contribution in [0.1, 0.15) is 40.0 Å². The minimum atomic E-state index is -0.177. The molecule has 1 aliphatic heterocycles. The average Bonchev–Trinajstić information content (AvgIpc) is 2.35. The van der Waals surface area contributed by atoms with Gasteiger partial charge in [0, 0.05) is 19.6 Å². The summed E-state index contributed by atoms with van der Waals surface area (Å²) in [5.74, 6) is 0.303. The highest BCUT2D eigenvalue weighted by Gasteiger charge is 2.40. The number of likely N-dealkylation sites (N-methyl/N-ethyl adjacent to an activating group) is 1. The molecule has 0 radical (unpaired) electrons. The predicted molar refractivity (Wildman–Crippen MR) is 71.9 cm³/mol. The molecule has 1 N–H and O–H groups in total. The highest BCUT2D eigenvalue weighted by molar-refractivity contribution is 5.83. The van der Waals surface area contributed by atoms with Crippen molar-refractivity contribution in [3.05, 3.63) is 12.2 Å². The molecule has 1 unspecified atom stereocenters. The van der Waals surface area contributed by atoms with Crippen LogP contribution in [0.4, 0.5) is 0 Å². The monoisotopic (exact) mass is 238 g/mol. The van der Waals surface area contributed by atoms with Gasteiger partial charge >= 0.3 is 0 Å². The molecule has 17 heavy (non-hydrogen) atoms. The van der Waals surface area contributed by atoms with Crippen LogP contribution in [0.25, 0.3) is 0 Å². The molecule has 0 aromatic heterocycles. The maximum Gasteiger partial charge on any atom is 0.230 e. The first-order valence-electron chi connectivity index (χ1n) is 6.70. The minimum Gasteiger partial charge on any atom is -0.338 e. The van der Waals surface area contributed by atoms with Crippen molar-refractivity contribution in [2.75, 3.05) is 26.2 Å². The van der Waals surface area contributed by atoms with Crippen LogP contribution in [-0.4, -0.2) is 37.0 Å². The van der Waals surface area contributed by atoms with Crippen LogP contribution in [0, 0.1) is 5.41 Å². The van der Waals surface area contributed by atoms with E-state index < -0.39 is 0 Å². The van der Waals surface area contributed by atoms with Crippen LogP contribution in [0.3, 0.4) is 0 Å².